The second kappa shape index (κ2) is 8.13. The Morgan fingerprint density at radius 1 is 1.09 bits per heavy atom. The van der Waals surface area contributed by atoms with Gasteiger partial charge in [-0.3, -0.25) is 9.80 Å². The first-order valence-electron chi connectivity index (χ1n) is 9.09. The summed E-state index contributed by atoms with van der Waals surface area (Å²) in [6, 6.07) is 7.26. The SMILES string of the molecule is COc1ccc(C(CN2CCNCC2)N2CCCCC2)cc1C. The number of ether oxygens (including phenoxy) is 1. The second-order valence-corrected chi connectivity index (χ2v) is 6.89. The molecule has 2 heterocycles. The van der Waals surface area contributed by atoms with Crippen LogP contribution in [0.4, 0.5) is 0 Å². The molecule has 4 heteroatoms. The van der Waals surface area contributed by atoms with Crippen LogP contribution in [-0.2, 0) is 0 Å². The lowest BCUT2D eigenvalue weighted by atomic mass is 9.99. The maximum absolute atomic E-state index is 5.44. The van der Waals surface area contributed by atoms with Gasteiger partial charge in [0.15, 0.2) is 0 Å². The van der Waals surface area contributed by atoms with Gasteiger partial charge in [-0.15, -0.1) is 0 Å². The maximum Gasteiger partial charge on any atom is 0.121 e. The van der Waals surface area contributed by atoms with Crippen LogP contribution < -0.4 is 10.1 Å². The van der Waals surface area contributed by atoms with E-state index in [-0.39, 0.29) is 0 Å². The first-order chi connectivity index (χ1) is 11.3. The molecule has 1 unspecified atom stereocenters. The summed E-state index contributed by atoms with van der Waals surface area (Å²) in [6.45, 7) is 10.3. The Labute approximate surface area is 140 Å². The van der Waals surface area contributed by atoms with Gasteiger partial charge in [-0.1, -0.05) is 18.6 Å². The van der Waals surface area contributed by atoms with Crippen molar-refractivity contribution in [1.29, 1.82) is 0 Å². The van der Waals surface area contributed by atoms with E-state index >= 15 is 0 Å². The molecule has 1 aromatic rings. The molecule has 0 radical (unpaired) electrons. The number of methoxy groups -OCH3 is 1. The zero-order valence-corrected chi connectivity index (χ0v) is 14.7. The molecule has 1 aromatic carbocycles. The summed E-state index contributed by atoms with van der Waals surface area (Å²) in [6.07, 6.45) is 4.07. The predicted molar refractivity (Wildman–Crippen MR) is 95.2 cm³/mol. The van der Waals surface area contributed by atoms with E-state index in [9.17, 15) is 0 Å². The second-order valence-electron chi connectivity index (χ2n) is 6.89. The van der Waals surface area contributed by atoms with Crippen molar-refractivity contribution in [2.24, 2.45) is 0 Å². The molecular weight excluding hydrogens is 286 g/mol. The van der Waals surface area contributed by atoms with Gasteiger partial charge in [0.2, 0.25) is 0 Å². The molecule has 0 aliphatic carbocycles. The minimum Gasteiger partial charge on any atom is -0.496 e. The zero-order chi connectivity index (χ0) is 16.1. The fourth-order valence-corrected chi connectivity index (χ4v) is 3.91. The van der Waals surface area contributed by atoms with Crippen LogP contribution in [0.25, 0.3) is 0 Å². The smallest absolute Gasteiger partial charge is 0.121 e. The third-order valence-electron chi connectivity index (χ3n) is 5.28. The van der Waals surface area contributed by atoms with Crippen LogP contribution in [0, 0.1) is 6.92 Å². The van der Waals surface area contributed by atoms with Crippen molar-refractivity contribution in [3.63, 3.8) is 0 Å². The van der Waals surface area contributed by atoms with Crippen LogP contribution in [0.3, 0.4) is 0 Å². The number of aryl methyl sites for hydroxylation is 1. The Hall–Kier alpha value is -1.10. The highest BCUT2D eigenvalue weighted by Crippen LogP contribution is 2.29. The third-order valence-corrected chi connectivity index (χ3v) is 5.28. The molecule has 0 bridgehead atoms. The third kappa shape index (κ3) is 4.25. The number of nitrogens with one attached hydrogen (secondary N) is 1. The van der Waals surface area contributed by atoms with Crippen molar-refractivity contribution in [2.75, 3.05) is 52.9 Å². The molecule has 1 N–H and O–H groups in total. The van der Waals surface area contributed by atoms with Gasteiger partial charge in [0, 0.05) is 38.8 Å². The van der Waals surface area contributed by atoms with Crippen molar-refractivity contribution in [3.05, 3.63) is 29.3 Å². The molecule has 2 fully saturated rings. The van der Waals surface area contributed by atoms with E-state index in [1.807, 2.05) is 0 Å². The van der Waals surface area contributed by atoms with Gasteiger partial charge in [-0.25, -0.2) is 0 Å². The molecule has 1 atom stereocenters. The van der Waals surface area contributed by atoms with Crippen molar-refractivity contribution in [1.82, 2.24) is 15.1 Å². The molecule has 0 aromatic heterocycles. The van der Waals surface area contributed by atoms with Gasteiger partial charge in [-0.05, 0) is 50.0 Å². The number of piperazine rings is 1. The van der Waals surface area contributed by atoms with Crippen LogP contribution >= 0.6 is 0 Å². The van der Waals surface area contributed by atoms with E-state index in [4.69, 9.17) is 4.74 Å². The largest absolute Gasteiger partial charge is 0.496 e. The Bertz CT molecular complexity index is 493. The lowest BCUT2D eigenvalue weighted by Crippen LogP contribution is -2.48. The summed E-state index contributed by atoms with van der Waals surface area (Å²) < 4.78 is 5.44. The number of likely N-dealkylation sites (tertiary alicyclic amines) is 1. The van der Waals surface area contributed by atoms with E-state index in [1.54, 1.807) is 7.11 Å². The van der Waals surface area contributed by atoms with Crippen LogP contribution in [-0.4, -0.2) is 62.7 Å². The molecule has 0 amide bonds. The average Bonchev–Trinajstić information content (AvgIpc) is 2.61. The number of nitrogens with zero attached hydrogens (tertiary/aromatic N) is 2. The van der Waals surface area contributed by atoms with Crippen molar-refractivity contribution < 1.29 is 4.74 Å². The highest BCUT2D eigenvalue weighted by Gasteiger charge is 2.25. The van der Waals surface area contributed by atoms with Crippen molar-refractivity contribution in [3.8, 4) is 5.75 Å². The highest BCUT2D eigenvalue weighted by molar-refractivity contribution is 5.37. The van der Waals surface area contributed by atoms with Gasteiger partial charge in [0.25, 0.3) is 0 Å². The average molecular weight is 317 g/mol. The zero-order valence-electron chi connectivity index (χ0n) is 14.7. The van der Waals surface area contributed by atoms with Crippen LogP contribution in [0.1, 0.15) is 36.4 Å². The number of hydrogen-bond donors (Lipinski definition) is 1. The Morgan fingerprint density at radius 3 is 2.48 bits per heavy atom. The van der Waals surface area contributed by atoms with E-state index in [2.05, 4.69) is 40.2 Å². The number of benzene rings is 1. The minimum absolute atomic E-state index is 0.512. The molecular formula is C19H31N3O. The molecule has 2 aliphatic rings. The van der Waals surface area contributed by atoms with Gasteiger partial charge < -0.3 is 10.1 Å². The summed E-state index contributed by atoms with van der Waals surface area (Å²) in [5.41, 5.74) is 2.69. The Balaban J connectivity index is 1.79. The van der Waals surface area contributed by atoms with Crippen molar-refractivity contribution >= 4 is 0 Å². The van der Waals surface area contributed by atoms with Crippen LogP contribution in [0.15, 0.2) is 18.2 Å². The standard InChI is InChI=1S/C19H31N3O/c1-16-14-17(6-7-19(16)23-2)18(22-10-4-3-5-11-22)15-21-12-8-20-9-13-21/h6-7,14,18,20H,3-5,8-13,15H2,1-2H3. The summed E-state index contributed by atoms with van der Waals surface area (Å²) in [7, 11) is 1.75. The lowest BCUT2D eigenvalue weighted by Gasteiger charge is -2.39. The summed E-state index contributed by atoms with van der Waals surface area (Å²) >= 11 is 0. The molecule has 23 heavy (non-hydrogen) atoms. The van der Waals surface area contributed by atoms with E-state index < -0.39 is 0 Å². The molecule has 2 aliphatic heterocycles. The summed E-state index contributed by atoms with van der Waals surface area (Å²) in [5, 5.41) is 3.46. The number of piperidine rings is 1. The Morgan fingerprint density at radius 2 is 1.83 bits per heavy atom. The molecule has 2 saturated heterocycles. The van der Waals surface area contributed by atoms with Gasteiger partial charge >= 0.3 is 0 Å². The minimum atomic E-state index is 0.512. The normalized spacial score (nSPS) is 22.0. The quantitative estimate of drug-likeness (QED) is 0.903. The van der Waals surface area contributed by atoms with E-state index in [0.717, 1.165) is 25.4 Å². The van der Waals surface area contributed by atoms with E-state index in [0.29, 0.717) is 6.04 Å². The molecule has 0 spiro atoms. The molecule has 4 nitrogen and oxygen atoms in total. The predicted octanol–water partition coefficient (Wildman–Crippen LogP) is 2.44. The fraction of sp³-hybridized carbons (Fsp3) is 0.684. The van der Waals surface area contributed by atoms with Gasteiger partial charge in [-0.2, -0.15) is 0 Å². The summed E-state index contributed by atoms with van der Waals surface area (Å²) in [5.74, 6) is 0.994. The highest BCUT2D eigenvalue weighted by atomic mass is 16.5. The van der Waals surface area contributed by atoms with Crippen molar-refractivity contribution in [2.45, 2.75) is 32.2 Å². The monoisotopic (exact) mass is 317 g/mol. The summed E-state index contributed by atoms with van der Waals surface area (Å²) in [4.78, 5) is 5.32. The fourth-order valence-electron chi connectivity index (χ4n) is 3.91. The molecule has 0 saturated carbocycles. The van der Waals surface area contributed by atoms with E-state index in [1.165, 1.54) is 56.6 Å². The van der Waals surface area contributed by atoms with Gasteiger partial charge in [0.05, 0.1) is 7.11 Å². The van der Waals surface area contributed by atoms with Crippen LogP contribution in [0.2, 0.25) is 0 Å². The number of hydrogen-bond acceptors (Lipinski definition) is 4. The van der Waals surface area contributed by atoms with Gasteiger partial charge in [0.1, 0.15) is 5.75 Å². The Kier molecular flexibility index (Phi) is 5.92. The first kappa shape index (κ1) is 16.7. The number of rotatable bonds is 5. The maximum atomic E-state index is 5.44. The molecule has 128 valence electrons. The lowest BCUT2D eigenvalue weighted by molar-refractivity contribution is 0.111. The molecule has 3 rings (SSSR count). The topological polar surface area (TPSA) is 27.7 Å². The van der Waals surface area contributed by atoms with Crippen LogP contribution in [0.5, 0.6) is 5.75 Å². The first-order valence-corrected chi connectivity index (χ1v) is 9.09.